The van der Waals surface area contributed by atoms with Crippen LogP contribution in [-0.2, 0) is 9.53 Å². The molecule has 0 spiro atoms. The molecule has 3 aromatic rings. The number of fused-ring (bicyclic) bond motifs is 3. The minimum atomic E-state index is -0.535. The molecule has 1 unspecified atom stereocenters. The van der Waals surface area contributed by atoms with Crippen molar-refractivity contribution in [3.05, 3.63) is 35.2 Å². The summed E-state index contributed by atoms with van der Waals surface area (Å²) in [6, 6.07) is 7.93. The monoisotopic (exact) mass is 306 g/mol. The molecule has 0 bridgehead atoms. The Morgan fingerprint density at radius 2 is 2.10 bits per heavy atom. The van der Waals surface area contributed by atoms with Crippen molar-refractivity contribution >= 4 is 49.2 Å². The zero-order valence-electron chi connectivity index (χ0n) is 10.9. The van der Waals surface area contributed by atoms with Crippen LogP contribution in [0, 0.1) is 0 Å². The molecule has 3 rings (SSSR count). The fourth-order valence-electron chi connectivity index (χ4n) is 2.07. The Kier molecular flexibility index (Phi) is 3.31. The molecular formula is C14H11ClN2O2S. The number of esters is 1. The van der Waals surface area contributed by atoms with Crippen LogP contribution in [0.25, 0.3) is 20.3 Å². The lowest BCUT2D eigenvalue weighted by molar-refractivity contribution is -0.142. The first kappa shape index (κ1) is 13.3. The van der Waals surface area contributed by atoms with Gasteiger partial charge in [0.15, 0.2) is 0 Å². The van der Waals surface area contributed by atoms with Crippen LogP contribution in [0.1, 0.15) is 18.7 Å². The molecule has 0 aliphatic heterocycles. The van der Waals surface area contributed by atoms with Crippen molar-refractivity contribution < 1.29 is 9.53 Å². The molecule has 0 saturated carbocycles. The summed E-state index contributed by atoms with van der Waals surface area (Å²) in [5.41, 5.74) is 0. The average molecular weight is 307 g/mol. The van der Waals surface area contributed by atoms with Crippen LogP contribution in [-0.4, -0.2) is 23.0 Å². The first-order valence-electron chi connectivity index (χ1n) is 6.04. The standard InChI is InChI=1S/C14H11ClN2O2S/c1-7(14(18)19-2)12-16-11(15)10-8-5-3-4-6-9(8)20-13(10)17-12/h3-7H,1-2H3. The zero-order valence-corrected chi connectivity index (χ0v) is 12.5. The van der Waals surface area contributed by atoms with Crippen LogP contribution >= 0.6 is 22.9 Å². The van der Waals surface area contributed by atoms with E-state index in [0.717, 1.165) is 20.3 Å². The molecule has 0 saturated heterocycles. The van der Waals surface area contributed by atoms with Crippen molar-refractivity contribution in [3.8, 4) is 0 Å². The molecule has 102 valence electrons. The second-order valence-corrected chi connectivity index (χ2v) is 5.78. The van der Waals surface area contributed by atoms with E-state index in [1.165, 1.54) is 18.4 Å². The highest BCUT2D eigenvalue weighted by atomic mass is 35.5. The molecule has 0 N–H and O–H groups in total. The Morgan fingerprint density at radius 3 is 2.85 bits per heavy atom. The van der Waals surface area contributed by atoms with E-state index in [1.54, 1.807) is 6.92 Å². The predicted molar refractivity (Wildman–Crippen MR) is 80.4 cm³/mol. The second kappa shape index (κ2) is 5.00. The van der Waals surface area contributed by atoms with E-state index in [4.69, 9.17) is 16.3 Å². The number of methoxy groups -OCH3 is 1. The number of ether oxygens (including phenoxy) is 1. The van der Waals surface area contributed by atoms with Crippen LogP contribution in [0.15, 0.2) is 24.3 Å². The molecule has 1 atom stereocenters. The number of benzene rings is 1. The summed E-state index contributed by atoms with van der Waals surface area (Å²) in [4.78, 5) is 21.1. The molecule has 0 radical (unpaired) electrons. The van der Waals surface area contributed by atoms with Crippen molar-refractivity contribution in [2.24, 2.45) is 0 Å². The molecule has 20 heavy (non-hydrogen) atoms. The fourth-order valence-corrected chi connectivity index (χ4v) is 3.49. The number of carbonyl (C=O) groups excluding carboxylic acids is 1. The van der Waals surface area contributed by atoms with E-state index >= 15 is 0 Å². The lowest BCUT2D eigenvalue weighted by atomic mass is 10.1. The molecule has 4 nitrogen and oxygen atoms in total. The first-order chi connectivity index (χ1) is 9.61. The highest BCUT2D eigenvalue weighted by Gasteiger charge is 2.21. The smallest absolute Gasteiger partial charge is 0.316 e. The van der Waals surface area contributed by atoms with Gasteiger partial charge in [0.05, 0.1) is 12.5 Å². The Labute approximate surface area is 124 Å². The number of hydrogen-bond donors (Lipinski definition) is 0. The normalized spacial score (nSPS) is 12.8. The number of aromatic nitrogens is 2. The van der Waals surface area contributed by atoms with Crippen molar-refractivity contribution in [2.75, 3.05) is 7.11 Å². The minimum Gasteiger partial charge on any atom is -0.468 e. The Bertz CT molecular complexity index is 815. The van der Waals surface area contributed by atoms with Gasteiger partial charge in [-0.2, -0.15) is 0 Å². The fraction of sp³-hybridized carbons (Fsp3) is 0.214. The second-order valence-electron chi connectivity index (χ2n) is 4.40. The van der Waals surface area contributed by atoms with E-state index in [2.05, 4.69) is 9.97 Å². The number of rotatable bonds is 2. The molecule has 0 aliphatic carbocycles. The number of nitrogens with zero attached hydrogens (tertiary/aromatic N) is 2. The SMILES string of the molecule is COC(=O)C(C)c1nc(Cl)c2c(n1)sc1ccccc12. The maximum absolute atomic E-state index is 11.6. The summed E-state index contributed by atoms with van der Waals surface area (Å²) >= 11 is 7.82. The van der Waals surface area contributed by atoms with Crippen molar-refractivity contribution in [1.29, 1.82) is 0 Å². The quantitative estimate of drug-likeness (QED) is 0.534. The lowest BCUT2D eigenvalue weighted by Gasteiger charge is -2.08. The third kappa shape index (κ3) is 2.03. The van der Waals surface area contributed by atoms with Gasteiger partial charge in [0.25, 0.3) is 0 Å². The summed E-state index contributed by atoms with van der Waals surface area (Å²) < 4.78 is 5.82. The number of hydrogen-bond acceptors (Lipinski definition) is 5. The number of halogens is 1. The van der Waals surface area contributed by atoms with Gasteiger partial charge >= 0.3 is 5.97 Å². The van der Waals surface area contributed by atoms with Gasteiger partial charge in [-0.05, 0) is 13.0 Å². The largest absolute Gasteiger partial charge is 0.468 e. The van der Waals surface area contributed by atoms with E-state index in [-0.39, 0.29) is 5.97 Å². The van der Waals surface area contributed by atoms with Gasteiger partial charge in [-0.15, -0.1) is 11.3 Å². The number of thiophene rings is 1. The first-order valence-corrected chi connectivity index (χ1v) is 7.23. The molecule has 1 aromatic carbocycles. The van der Waals surface area contributed by atoms with Crippen LogP contribution < -0.4 is 0 Å². The molecular weight excluding hydrogens is 296 g/mol. The third-order valence-electron chi connectivity index (χ3n) is 3.15. The summed E-state index contributed by atoms with van der Waals surface area (Å²) in [5, 5.41) is 2.25. The van der Waals surface area contributed by atoms with Gasteiger partial charge in [0.2, 0.25) is 0 Å². The molecule has 0 amide bonds. The number of carbonyl (C=O) groups is 1. The van der Waals surface area contributed by atoms with E-state index in [9.17, 15) is 4.79 Å². The van der Waals surface area contributed by atoms with Crippen LogP contribution in [0.2, 0.25) is 5.15 Å². The topological polar surface area (TPSA) is 52.1 Å². The average Bonchev–Trinajstić information content (AvgIpc) is 2.84. The van der Waals surface area contributed by atoms with Gasteiger partial charge in [-0.25, -0.2) is 9.97 Å². The van der Waals surface area contributed by atoms with Crippen molar-refractivity contribution in [3.63, 3.8) is 0 Å². The van der Waals surface area contributed by atoms with E-state index < -0.39 is 5.92 Å². The van der Waals surface area contributed by atoms with Crippen LogP contribution in [0.3, 0.4) is 0 Å². The highest BCUT2D eigenvalue weighted by Crippen LogP contribution is 2.36. The predicted octanol–water partition coefficient (Wildman–Crippen LogP) is 3.77. The zero-order chi connectivity index (χ0) is 14.3. The van der Waals surface area contributed by atoms with E-state index in [1.807, 2.05) is 24.3 Å². The third-order valence-corrected chi connectivity index (χ3v) is 4.49. The highest BCUT2D eigenvalue weighted by molar-refractivity contribution is 7.25. The lowest BCUT2D eigenvalue weighted by Crippen LogP contribution is -2.13. The van der Waals surface area contributed by atoms with Crippen molar-refractivity contribution in [1.82, 2.24) is 9.97 Å². The molecule has 2 heterocycles. The van der Waals surface area contributed by atoms with Gasteiger partial charge in [0, 0.05) is 10.1 Å². The maximum Gasteiger partial charge on any atom is 0.316 e. The minimum absolute atomic E-state index is 0.373. The maximum atomic E-state index is 11.6. The Balaban J connectivity index is 2.24. The van der Waals surface area contributed by atoms with Crippen molar-refractivity contribution in [2.45, 2.75) is 12.8 Å². The van der Waals surface area contributed by atoms with Crippen LogP contribution in [0.4, 0.5) is 0 Å². The molecule has 0 aliphatic rings. The Morgan fingerprint density at radius 1 is 1.35 bits per heavy atom. The van der Waals surface area contributed by atoms with Gasteiger partial charge in [-0.1, -0.05) is 29.8 Å². The van der Waals surface area contributed by atoms with Crippen LogP contribution in [0.5, 0.6) is 0 Å². The molecule has 2 aromatic heterocycles. The molecule has 0 fully saturated rings. The van der Waals surface area contributed by atoms with E-state index in [0.29, 0.717) is 11.0 Å². The van der Waals surface area contributed by atoms with Gasteiger partial charge in [0.1, 0.15) is 21.7 Å². The summed E-state index contributed by atoms with van der Waals surface area (Å²) in [6.45, 7) is 1.71. The molecule has 6 heteroatoms. The van der Waals surface area contributed by atoms with Gasteiger partial charge in [-0.3, -0.25) is 4.79 Å². The Hall–Kier alpha value is -1.72. The summed E-state index contributed by atoms with van der Waals surface area (Å²) in [7, 11) is 1.35. The van der Waals surface area contributed by atoms with Gasteiger partial charge < -0.3 is 4.74 Å². The summed E-state index contributed by atoms with van der Waals surface area (Å²) in [6.07, 6.45) is 0. The summed E-state index contributed by atoms with van der Waals surface area (Å²) in [5.74, 6) is -0.519.